The van der Waals surface area contributed by atoms with Crippen molar-refractivity contribution in [2.75, 3.05) is 19.6 Å². The predicted octanol–water partition coefficient (Wildman–Crippen LogP) is 2.53. The third-order valence-electron chi connectivity index (χ3n) is 4.14. The number of nitrogens with zero attached hydrogens (tertiary/aromatic N) is 1. The van der Waals surface area contributed by atoms with Crippen LogP contribution in [0.15, 0.2) is 24.3 Å². The van der Waals surface area contributed by atoms with Gasteiger partial charge >= 0.3 is 0 Å². The fourth-order valence-electron chi connectivity index (χ4n) is 2.71. The summed E-state index contributed by atoms with van der Waals surface area (Å²) < 4.78 is 12.8. The van der Waals surface area contributed by atoms with Crippen molar-refractivity contribution in [2.24, 2.45) is 0 Å². The maximum atomic E-state index is 12.8. The highest BCUT2D eigenvalue weighted by Gasteiger charge is 2.30. The number of likely N-dealkylation sites (N-methyl/N-ethyl adjacent to an activating group) is 1. The number of carbonyl (C=O) groups excluding carboxylic acids is 1. The quantitative estimate of drug-likeness (QED) is 0.867. The SMILES string of the molecule is CCN(CC)C(=O)CNC1CC(c2ccc(F)cc2)C1. The lowest BCUT2D eigenvalue weighted by atomic mass is 9.76. The molecule has 1 saturated carbocycles. The van der Waals surface area contributed by atoms with E-state index in [-0.39, 0.29) is 11.7 Å². The molecule has 1 fully saturated rings. The summed E-state index contributed by atoms with van der Waals surface area (Å²) in [6, 6.07) is 7.15. The first kappa shape index (κ1) is 15.0. The summed E-state index contributed by atoms with van der Waals surface area (Å²) in [6.07, 6.45) is 2.05. The zero-order chi connectivity index (χ0) is 14.5. The van der Waals surface area contributed by atoms with E-state index in [0.29, 0.717) is 18.5 Å². The molecule has 0 radical (unpaired) electrons. The van der Waals surface area contributed by atoms with Gasteiger partial charge in [0.25, 0.3) is 0 Å². The minimum atomic E-state index is -0.187. The van der Waals surface area contributed by atoms with Crippen LogP contribution in [0.4, 0.5) is 4.39 Å². The molecule has 110 valence electrons. The Labute approximate surface area is 120 Å². The van der Waals surface area contributed by atoms with E-state index in [2.05, 4.69) is 5.32 Å². The second kappa shape index (κ2) is 6.84. The van der Waals surface area contributed by atoms with Crippen molar-refractivity contribution in [1.29, 1.82) is 0 Å². The van der Waals surface area contributed by atoms with Crippen molar-refractivity contribution < 1.29 is 9.18 Å². The fourth-order valence-corrected chi connectivity index (χ4v) is 2.71. The lowest BCUT2D eigenvalue weighted by molar-refractivity contribution is -0.130. The van der Waals surface area contributed by atoms with Crippen LogP contribution < -0.4 is 5.32 Å². The lowest BCUT2D eigenvalue weighted by Crippen LogP contribution is -2.46. The zero-order valence-corrected chi connectivity index (χ0v) is 12.2. The molecule has 3 nitrogen and oxygen atoms in total. The standard InChI is InChI=1S/C16H23FN2O/c1-3-19(4-2)16(20)11-18-15-9-13(10-15)12-5-7-14(17)8-6-12/h5-8,13,15,18H,3-4,9-11H2,1-2H3. The highest BCUT2D eigenvalue weighted by atomic mass is 19.1. The Morgan fingerprint density at radius 2 is 1.85 bits per heavy atom. The van der Waals surface area contributed by atoms with Crippen LogP contribution in [0.2, 0.25) is 0 Å². The van der Waals surface area contributed by atoms with Crippen LogP contribution in [0.25, 0.3) is 0 Å². The van der Waals surface area contributed by atoms with Gasteiger partial charge in [-0.25, -0.2) is 4.39 Å². The minimum absolute atomic E-state index is 0.167. The molecule has 4 heteroatoms. The fraction of sp³-hybridized carbons (Fsp3) is 0.562. The molecule has 1 aromatic rings. The molecular weight excluding hydrogens is 255 g/mol. The van der Waals surface area contributed by atoms with E-state index < -0.39 is 0 Å². The Hall–Kier alpha value is -1.42. The van der Waals surface area contributed by atoms with Gasteiger partial charge in [-0.2, -0.15) is 0 Å². The van der Waals surface area contributed by atoms with Gasteiger partial charge in [0.1, 0.15) is 5.82 Å². The normalized spacial score (nSPS) is 21.4. The van der Waals surface area contributed by atoms with E-state index in [1.54, 1.807) is 0 Å². The third kappa shape index (κ3) is 3.57. The first-order chi connectivity index (χ1) is 9.63. The molecule has 2 rings (SSSR count). The largest absolute Gasteiger partial charge is 0.342 e. The summed E-state index contributed by atoms with van der Waals surface area (Å²) in [7, 11) is 0. The van der Waals surface area contributed by atoms with Crippen LogP contribution in [0.1, 0.15) is 38.2 Å². The molecule has 1 amide bonds. The first-order valence-electron chi connectivity index (χ1n) is 7.40. The molecule has 1 aromatic carbocycles. The van der Waals surface area contributed by atoms with Gasteiger partial charge in [0.05, 0.1) is 6.54 Å². The summed E-state index contributed by atoms with van der Waals surface area (Å²) in [5.74, 6) is 0.476. The Morgan fingerprint density at radius 1 is 1.25 bits per heavy atom. The topological polar surface area (TPSA) is 32.3 Å². The Kier molecular flexibility index (Phi) is 5.12. The van der Waals surface area contributed by atoms with Crippen LogP contribution in [0.3, 0.4) is 0 Å². The highest BCUT2D eigenvalue weighted by Crippen LogP contribution is 2.36. The third-order valence-corrected chi connectivity index (χ3v) is 4.14. The molecule has 1 N–H and O–H groups in total. The maximum Gasteiger partial charge on any atom is 0.236 e. The molecule has 0 atom stereocenters. The summed E-state index contributed by atoms with van der Waals surface area (Å²) in [5, 5.41) is 3.31. The van der Waals surface area contributed by atoms with E-state index >= 15 is 0 Å². The van der Waals surface area contributed by atoms with Crippen molar-refractivity contribution in [3.05, 3.63) is 35.6 Å². The molecule has 0 heterocycles. The van der Waals surface area contributed by atoms with Gasteiger partial charge in [0, 0.05) is 19.1 Å². The van der Waals surface area contributed by atoms with Crippen molar-refractivity contribution >= 4 is 5.91 Å². The molecule has 0 bridgehead atoms. The predicted molar refractivity (Wildman–Crippen MR) is 78.1 cm³/mol. The molecular formula is C16H23FN2O. The van der Waals surface area contributed by atoms with E-state index in [9.17, 15) is 9.18 Å². The van der Waals surface area contributed by atoms with Crippen LogP contribution >= 0.6 is 0 Å². The van der Waals surface area contributed by atoms with Crippen LogP contribution in [0, 0.1) is 5.82 Å². The smallest absolute Gasteiger partial charge is 0.236 e. The van der Waals surface area contributed by atoms with E-state index in [1.807, 2.05) is 30.9 Å². The van der Waals surface area contributed by atoms with Crippen LogP contribution in [-0.2, 0) is 4.79 Å². The van der Waals surface area contributed by atoms with Gasteiger partial charge < -0.3 is 10.2 Å². The molecule has 1 aliphatic carbocycles. The molecule has 1 aliphatic rings. The first-order valence-corrected chi connectivity index (χ1v) is 7.40. The van der Waals surface area contributed by atoms with Gasteiger partial charge in [0.15, 0.2) is 0 Å². The number of hydrogen-bond acceptors (Lipinski definition) is 2. The van der Waals surface area contributed by atoms with Gasteiger partial charge in [-0.3, -0.25) is 4.79 Å². The molecule has 0 aliphatic heterocycles. The number of benzene rings is 1. The number of amides is 1. The molecule has 0 unspecified atom stereocenters. The van der Waals surface area contributed by atoms with Gasteiger partial charge in [-0.1, -0.05) is 12.1 Å². The molecule has 0 aromatic heterocycles. The van der Waals surface area contributed by atoms with E-state index in [4.69, 9.17) is 0 Å². The number of rotatable bonds is 6. The number of halogens is 1. The number of nitrogens with one attached hydrogen (secondary N) is 1. The Morgan fingerprint density at radius 3 is 2.40 bits per heavy atom. The van der Waals surface area contributed by atoms with Crippen molar-refractivity contribution in [1.82, 2.24) is 10.2 Å². The second-order valence-corrected chi connectivity index (χ2v) is 5.36. The van der Waals surface area contributed by atoms with E-state index in [0.717, 1.165) is 25.9 Å². The summed E-state index contributed by atoms with van der Waals surface area (Å²) in [4.78, 5) is 13.7. The Bertz CT molecular complexity index is 436. The van der Waals surface area contributed by atoms with E-state index in [1.165, 1.54) is 17.7 Å². The number of hydrogen-bond donors (Lipinski definition) is 1. The zero-order valence-electron chi connectivity index (χ0n) is 12.2. The monoisotopic (exact) mass is 278 g/mol. The van der Waals surface area contributed by atoms with Crippen molar-refractivity contribution in [3.8, 4) is 0 Å². The minimum Gasteiger partial charge on any atom is -0.342 e. The highest BCUT2D eigenvalue weighted by molar-refractivity contribution is 5.78. The Balaban J connectivity index is 1.72. The summed E-state index contributed by atoms with van der Waals surface area (Å²) in [6.45, 7) is 5.94. The van der Waals surface area contributed by atoms with Crippen LogP contribution in [0.5, 0.6) is 0 Å². The van der Waals surface area contributed by atoms with Gasteiger partial charge in [0.2, 0.25) is 5.91 Å². The number of carbonyl (C=O) groups is 1. The molecule has 0 spiro atoms. The van der Waals surface area contributed by atoms with Crippen LogP contribution in [-0.4, -0.2) is 36.5 Å². The lowest BCUT2D eigenvalue weighted by Gasteiger charge is -2.36. The average Bonchev–Trinajstić information content (AvgIpc) is 2.40. The molecule has 20 heavy (non-hydrogen) atoms. The summed E-state index contributed by atoms with van der Waals surface area (Å²) in [5.41, 5.74) is 1.19. The van der Waals surface area contributed by atoms with Crippen molar-refractivity contribution in [3.63, 3.8) is 0 Å². The van der Waals surface area contributed by atoms with Gasteiger partial charge in [-0.15, -0.1) is 0 Å². The van der Waals surface area contributed by atoms with Crippen molar-refractivity contribution in [2.45, 2.75) is 38.6 Å². The average molecular weight is 278 g/mol. The second-order valence-electron chi connectivity index (χ2n) is 5.36. The summed E-state index contributed by atoms with van der Waals surface area (Å²) >= 11 is 0. The van der Waals surface area contributed by atoms with Gasteiger partial charge in [-0.05, 0) is 50.3 Å². The molecule has 0 saturated heterocycles. The maximum absolute atomic E-state index is 12.8.